The number of anilines is 1. The van der Waals surface area contributed by atoms with Gasteiger partial charge in [0.05, 0.1) is 23.6 Å². The molecule has 1 aliphatic heterocycles. The van der Waals surface area contributed by atoms with Gasteiger partial charge >= 0.3 is 0 Å². The molecule has 5 rings (SSSR count). The summed E-state index contributed by atoms with van der Waals surface area (Å²) in [5.74, 6) is -2.36. The molecule has 3 N–H and O–H groups in total. The second kappa shape index (κ2) is 11.4. The number of aryl methyl sites for hydroxylation is 1. The topological polar surface area (TPSA) is 134 Å². The Kier molecular flexibility index (Phi) is 7.55. The molecule has 0 radical (unpaired) electrons. The molecule has 0 unspecified atom stereocenters. The third-order valence-electron chi connectivity index (χ3n) is 6.86. The summed E-state index contributed by atoms with van der Waals surface area (Å²) in [5, 5.41) is 13.1. The van der Waals surface area contributed by atoms with E-state index in [1.54, 1.807) is 35.8 Å². The number of piperidine rings is 1. The first kappa shape index (κ1) is 25.9. The van der Waals surface area contributed by atoms with Gasteiger partial charge in [0, 0.05) is 35.4 Å². The van der Waals surface area contributed by atoms with Gasteiger partial charge in [0.15, 0.2) is 5.76 Å². The summed E-state index contributed by atoms with van der Waals surface area (Å²) in [6.45, 7) is 2.55. The number of likely N-dealkylation sites (tertiary alicyclic amines) is 1. The van der Waals surface area contributed by atoms with Crippen molar-refractivity contribution in [2.24, 2.45) is 11.8 Å². The Morgan fingerprint density at radius 2 is 1.85 bits per heavy atom. The Hall–Kier alpha value is -4.70. The third kappa shape index (κ3) is 5.75. The van der Waals surface area contributed by atoms with E-state index in [0.29, 0.717) is 18.0 Å². The Labute approximate surface area is 224 Å². The van der Waals surface area contributed by atoms with E-state index in [-0.39, 0.29) is 37.1 Å². The van der Waals surface area contributed by atoms with Crippen LogP contribution < -0.4 is 15.5 Å². The number of ether oxygens (including phenoxy) is 1. The number of nitrogens with zero attached hydrogens (tertiary/aromatic N) is 2. The highest BCUT2D eigenvalue weighted by Gasteiger charge is 2.40. The minimum Gasteiger partial charge on any atom is -0.489 e. The second-order valence-electron chi connectivity index (χ2n) is 9.45. The van der Waals surface area contributed by atoms with Crippen molar-refractivity contribution < 1.29 is 28.7 Å². The number of hydrogen-bond acceptors (Lipinski definition) is 7. The van der Waals surface area contributed by atoms with E-state index in [9.17, 15) is 19.6 Å². The zero-order chi connectivity index (χ0) is 27.4. The number of rotatable bonds is 7. The Morgan fingerprint density at radius 3 is 2.59 bits per heavy atom. The lowest BCUT2D eigenvalue weighted by atomic mass is 9.84. The van der Waals surface area contributed by atoms with Crippen LogP contribution in [0.1, 0.15) is 28.2 Å². The van der Waals surface area contributed by atoms with Crippen molar-refractivity contribution in [1.29, 1.82) is 0 Å². The van der Waals surface area contributed by atoms with Gasteiger partial charge in [0.2, 0.25) is 11.8 Å². The molecule has 10 nitrogen and oxygen atoms in total. The average molecular weight is 529 g/mol. The molecule has 0 spiro atoms. The molecule has 0 aliphatic carbocycles. The molecule has 0 saturated carbocycles. The van der Waals surface area contributed by atoms with Crippen molar-refractivity contribution >= 4 is 34.3 Å². The molecule has 39 heavy (non-hydrogen) atoms. The molecule has 1 fully saturated rings. The van der Waals surface area contributed by atoms with Gasteiger partial charge in [-0.25, -0.2) is 5.48 Å². The quantitative estimate of drug-likeness (QED) is 0.244. The number of carbonyl (C=O) groups excluding carboxylic acids is 3. The van der Waals surface area contributed by atoms with Gasteiger partial charge < -0.3 is 19.4 Å². The van der Waals surface area contributed by atoms with Crippen LogP contribution in [-0.4, -0.2) is 45.9 Å². The van der Waals surface area contributed by atoms with Crippen LogP contribution in [0, 0.1) is 18.8 Å². The minimum atomic E-state index is -0.927. The standard InChI is InChI=1S/C29H28N4O6/c1-18-15-19(22-5-2-3-6-25(22)30-18)17-39-21-10-8-20(9-11-21)31-27(34)23-12-13-33(16-24(23)28(35)32-37)29(36)26-7-4-14-38-26/h2-11,14-15,23-24,37H,12-13,16-17H2,1H3,(H,31,34)(H,32,35)/t23-,24-/m0/s1. The molecule has 1 aliphatic rings. The first-order valence-corrected chi connectivity index (χ1v) is 12.6. The van der Waals surface area contributed by atoms with Gasteiger partial charge in [-0.3, -0.25) is 24.6 Å². The number of pyridine rings is 1. The smallest absolute Gasteiger partial charge is 0.289 e. The number of aromatic nitrogens is 1. The number of benzene rings is 2. The molecular weight excluding hydrogens is 500 g/mol. The minimum absolute atomic E-state index is 0.0278. The maximum Gasteiger partial charge on any atom is 0.289 e. The zero-order valence-electron chi connectivity index (χ0n) is 21.3. The van der Waals surface area contributed by atoms with Crippen molar-refractivity contribution in [2.75, 3.05) is 18.4 Å². The number of furan rings is 1. The predicted octanol–water partition coefficient (Wildman–Crippen LogP) is 3.94. The maximum absolute atomic E-state index is 13.1. The number of carbonyl (C=O) groups is 3. The number of nitrogens with one attached hydrogen (secondary N) is 2. The van der Waals surface area contributed by atoms with Gasteiger partial charge in [0.25, 0.3) is 5.91 Å². The van der Waals surface area contributed by atoms with Crippen LogP contribution in [0.25, 0.3) is 10.9 Å². The highest BCUT2D eigenvalue weighted by atomic mass is 16.5. The molecule has 2 atom stereocenters. The fourth-order valence-electron chi connectivity index (χ4n) is 4.90. The van der Waals surface area contributed by atoms with E-state index in [0.717, 1.165) is 22.2 Å². The van der Waals surface area contributed by atoms with Gasteiger partial charge in [-0.2, -0.15) is 0 Å². The zero-order valence-corrected chi connectivity index (χ0v) is 21.3. The third-order valence-corrected chi connectivity index (χ3v) is 6.86. The van der Waals surface area contributed by atoms with Crippen molar-refractivity contribution in [2.45, 2.75) is 20.0 Å². The van der Waals surface area contributed by atoms with Crippen molar-refractivity contribution in [3.8, 4) is 5.75 Å². The monoisotopic (exact) mass is 528 g/mol. The second-order valence-corrected chi connectivity index (χ2v) is 9.45. The fraction of sp³-hybridized carbons (Fsp3) is 0.241. The number of hydroxylamine groups is 1. The fourth-order valence-corrected chi connectivity index (χ4v) is 4.90. The molecule has 1 saturated heterocycles. The molecule has 0 bridgehead atoms. The maximum atomic E-state index is 13.1. The number of amides is 3. The molecule has 2 aromatic carbocycles. The Balaban J connectivity index is 1.22. The summed E-state index contributed by atoms with van der Waals surface area (Å²) in [6, 6.07) is 20.0. The summed E-state index contributed by atoms with van der Waals surface area (Å²) in [4.78, 5) is 44.2. The van der Waals surface area contributed by atoms with Crippen LogP contribution in [0.2, 0.25) is 0 Å². The molecule has 3 heterocycles. The average Bonchev–Trinajstić information content (AvgIpc) is 3.50. The number of fused-ring (bicyclic) bond motifs is 1. The summed E-state index contributed by atoms with van der Waals surface area (Å²) >= 11 is 0. The lowest BCUT2D eigenvalue weighted by molar-refractivity contribution is -0.141. The van der Waals surface area contributed by atoms with Crippen LogP contribution in [0.15, 0.2) is 77.4 Å². The highest BCUT2D eigenvalue weighted by molar-refractivity contribution is 5.97. The molecule has 4 aromatic rings. The largest absolute Gasteiger partial charge is 0.489 e. The van der Waals surface area contributed by atoms with Crippen LogP contribution in [-0.2, 0) is 16.2 Å². The van der Waals surface area contributed by atoms with Crippen molar-refractivity contribution in [3.63, 3.8) is 0 Å². The summed E-state index contributed by atoms with van der Waals surface area (Å²) in [6.07, 6.45) is 1.64. The van der Waals surface area contributed by atoms with Crippen molar-refractivity contribution in [1.82, 2.24) is 15.4 Å². The van der Waals surface area contributed by atoms with Crippen LogP contribution in [0.3, 0.4) is 0 Å². The van der Waals surface area contributed by atoms with E-state index in [1.807, 2.05) is 37.3 Å². The van der Waals surface area contributed by atoms with E-state index < -0.39 is 17.7 Å². The Morgan fingerprint density at radius 1 is 1.05 bits per heavy atom. The molecule has 2 aromatic heterocycles. The van der Waals surface area contributed by atoms with Gasteiger partial charge in [-0.15, -0.1) is 0 Å². The molecule has 10 heteroatoms. The number of para-hydroxylation sites is 1. The highest BCUT2D eigenvalue weighted by Crippen LogP contribution is 2.28. The summed E-state index contributed by atoms with van der Waals surface area (Å²) in [7, 11) is 0. The van der Waals surface area contributed by atoms with Crippen molar-refractivity contribution in [3.05, 3.63) is 90.0 Å². The lowest BCUT2D eigenvalue weighted by Gasteiger charge is -2.36. The van der Waals surface area contributed by atoms with Gasteiger partial charge in [0.1, 0.15) is 12.4 Å². The molecule has 200 valence electrons. The van der Waals surface area contributed by atoms with E-state index in [2.05, 4.69) is 10.3 Å². The predicted molar refractivity (Wildman–Crippen MR) is 142 cm³/mol. The van der Waals surface area contributed by atoms with E-state index >= 15 is 0 Å². The first-order chi connectivity index (χ1) is 18.9. The van der Waals surface area contributed by atoms with Crippen LogP contribution >= 0.6 is 0 Å². The van der Waals surface area contributed by atoms with E-state index in [4.69, 9.17) is 9.15 Å². The summed E-state index contributed by atoms with van der Waals surface area (Å²) < 4.78 is 11.2. The van der Waals surface area contributed by atoms with Gasteiger partial charge in [-0.05, 0) is 61.9 Å². The first-order valence-electron chi connectivity index (χ1n) is 12.6. The summed E-state index contributed by atoms with van der Waals surface area (Å²) in [5.41, 5.74) is 5.02. The SMILES string of the molecule is Cc1cc(COc2ccc(NC(=O)[C@H]3CCN(C(=O)c4ccco4)C[C@@H]3C(=O)NO)cc2)c2ccccc2n1. The van der Waals surface area contributed by atoms with Crippen LogP contribution in [0.4, 0.5) is 5.69 Å². The number of hydrogen-bond donors (Lipinski definition) is 3. The van der Waals surface area contributed by atoms with Gasteiger partial charge in [-0.1, -0.05) is 18.2 Å². The Bertz CT molecular complexity index is 1490. The van der Waals surface area contributed by atoms with Crippen LogP contribution in [0.5, 0.6) is 5.75 Å². The van der Waals surface area contributed by atoms with E-state index in [1.165, 1.54) is 17.2 Å². The molecule has 3 amide bonds. The lowest BCUT2D eigenvalue weighted by Crippen LogP contribution is -2.51. The normalized spacial score (nSPS) is 17.0. The molecular formula is C29H28N4O6.